The predicted molar refractivity (Wildman–Crippen MR) is 84.2 cm³/mol. The van der Waals surface area contributed by atoms with Gasteiger partial charge in [-0.15, -0.1) is 0 Å². The lowest BCUT2D eigenvalue weighted by Gasteiger charge is -2.10. The van der Waals surface area contributed by atoms with Crippen LogP contribution in [0.4, 0.5) is 11.5 Å². The molecule has 0 aliphatic carbocycles. The molecule has 1 aromatic heterocycles. The Bertz CT molecular complexity index is 643. The van der Waals surface area contributed by atoms with Crippen LogP contribution < -0.4 is 16.6 Å². The van der Waals surface area contributed by atoms with Crippen LogP contribution in [0.2, 0.25) is 10.0 Å². The molecular formula is C12H9BrCl2N4O. The molecule has 104 valence electrons. The summed E-state index contributed by atoms with van der Waals surface area (Å²) in [4.78, 5) is 16.1. The van der Waals surface area contributed by atoms with Gasteiger partial charge in [0.15, 0.2) is 0 Å². The summed E-state index contributed by atoms with van der Waals surface area (Å²) in [5.41, 5.74) is 2.89. The zero-order chi connectivity index (χ0) is 14.7. The molecule has 0 radical (unpaired) electrons. The molecule has 8 heteroatoms. The van der Waals surface area contributed by atoms with Gasteiger partial charge in [-0.25, -0.2) is 10.8 Å². The van der Waals surface area contributed by atoms with Gasteiger partial charge in [-0.1, -0.05) is 45.2 Å². The van der Waals surface area contributed by atoms with Crippen molar-refractivity contribution in [3.8, 4) is 0 Å². The number of aromatic nitrogens is 1. The molecule has 1 aromatic carbocycles. The maximum atomic E-state index is 12.1. The Labute approximate surface area is 133 Å². The summed E-state index contributed by atoms with van der Waals surface area (Å²) in [6.45, 7) is 0. The van der Waals surface area contributed by atoms with Gasteiger partial charge in [0, 0.05) is 4.47 Å². The molecule has 5 nitrogen and oxygen atoms in total. The minimum absolute atomic E-state index is 0.190. The number of pyridine rings is 1. The molecule has 0 spiro atoms. The standard InChI is InChI=1S/C12H9BrCl2N4O/c13-6-4-7(14)11(8(15)5-6)18-12(20)9-2-1-3-10(17-9)19-16/h1-5H,16H2,(H,17,19)(H,18,20). The average Bonchev–Trinajstić information content (AvgIpc) is 2.42. The number of carbonyl (C=O) groups excluding carboxylic acids is 1. The largest absolute Gasteiger partial charge is 0.318 e. The zero-order valence-electron chi connectivity index (χ0n) is 9.95. The van der Waals surface area contributed by atoms with Crippen LogP contribution in [0.1, 0.15) is 10.5 Å². The number of rotatable bonds is 3. The summed E-state index contributed by atoms with van der Waals surface area (Å²) in [7, 11) is 0. The summed E-state index contributed by atoms with van der Waals surface area (Å²) in [6.07, 6.45) is 0. The number of hydrogen-bond acceptors (Lipinski definition) is 4. The molecule has 0 fully saturated rings. The van der Waals surface area contributed by atoms with Gasteiger partial charge in [0.05, 0.1) is 15.7 Å². The van der Waals surface area contributed by atoms with Crippen LogP contribution in [0, 0.1) is 0 Å². The first-order valence-electron chi connectivity index (χ1n) is 5.41. The highest BCUT2D eigenvalue weighted by molar-refractivity contribution is 9.10. The molecule has 0 atom stereocenters. The molecule has 0 aliphatic rings. The maximum Gasteiger partial charge on any atom is 0.274 e. The molecule has 2 aromatic rings. The van der Waals surface area contributed by atoms with E-state index < -0.39 is 5.91 Å². The summed E-state index contributed by atoms with van der Waals surface area (Å²) in [6, 6.07) is 8.11. The van der Waals surface area contributed by atoms with Gasteiger partial charge < -0.3 is 10.7 Å². The Kier molecular flexibility index (Phi) is 4.82. The van der Waals surface area contributed by atoms with Crippen molar-refractivity contribution in [2.75, 3.05) is 10.7 Å². The van der Waals surface area contributed by atoms with Crippen LogP contribution in [-0.4, -0.2) is 10.9 Å². The number of nitrogens with zero attached hydrogens (tertiary/aromatic N) is 1. The fourth-order valence-electron chi connectivity index (χ4n) is 1.48. The number of carbonyl (C=O) groups is 1. The van der Waals surface area contributed by atoms with E-state index in [1.807, 2.05) is 0 Å². The van der Waals surface area contributed by atoms with Crippen molar-refractivity contribution in [1.29, 1.82) is 0 Å². The summed E-state index contributed by atoms with van der Waals surface area (Å²) in [5.74, 6) is 5.19. The number of benzene rings is 1. The highest BCUT2D eigenvalue weighted by Crippen LogP contribution is 2.34. The molecule has 20 heavy (non-hydrogen) atoms. The van der Waals surface area contributed by atoms with Crippen LogP contribution >= 0.6 is 39.1 Å². The third kappa shape index (κ3) is 3.40. The second kappa shape index (κ2) is 6.41. The predicted octanol–water partition coefficient (Wildman–Crippen LogP) is 3.69. The Morgan fingerprint density at radius 1 is 1.25 bits per heavy atom. The Hall–Kier alpha value is -1.34. The van der Waals surface area contributed by atoms with Crippen molar-refractivity contribution in [1.82, 2.24) is 4.98 Å². The number of amides is 1. The quantitative estimate of drug-likeness (QED) is 0.564. The van der Waals surface area contributed by atoms with E-state index in [1.165, 1.54) is 0 Å². The second-order valence-electron chi connectivity index (χ2n) is 3.75. The maximum absolute atomic E-state index is 12.1. The lowest BCUT2D eigenvalue weighted by Crippen LogP contribution is -2.16. The van der Waals surface area contributed by atoms with Gasteiger partial charge in [-0.3, -0.25) is 4.79 Å². The minimum atomic E-state index is -0.437. The molecule has 0 aliphatic heterocycles. The Morgan fingerprint density at radius 3 is 2.50 bits per heavy atom. The third-order valence-electron chi connectivity index (χ3n) is 2.38. The van der Waals surface area contributed by atoms with Crippen molar-refractivity contribution in [3.63, 3.8) is 0 Å². The highest BCUT2D eigenvalue weighted by Gasteiger charge is 2.13. The lowest BCUT2D eigenvalue weighted by atomic mass is 10.3. The fourth-order valence-corrected chi connectivity index (χ4v) is 2.78. The molecule has 0 saturated heterocycles. The van der Waals surface area contributed by atoms with Crippen molar-refractivity contribution < 1.29 is 4.79 Å². The normalized spacial score (nSPS) is 10.2. The number of nitrogens with one attached hydrogen (secondary N) is 2. The van der Waals surface area contributed by atoms with E-state index in [0.29, 0.717) is 21.6 Å². The van der Waals surface area contributed by atoms with Crippen molar-refractivity contribution in [3.05, 3.63) is 50.5 Å². The van der Waals surface area contributed by atoms with Crippen LogP contribution in [0.3, 0.4) is 0 Å². The topological polar surface area (TPSA) is 80.0 Å². The second-order valence-corrected chi connectivity index (χ2v) is 5.48. The first-order valence-corrected chi connectivity index (χ1v) is 6.95. The van der Waals surface area contributed by atoms with Gasteiger partial charge in [-0.05, 0) is 24.3 Å². The van der Waals surface area contributed by atoms with E-state index in [-0.39, 0.29) is 5.69 Å². The Morgan fingerprint density at radius 2 is 1.90 bits per heavy atom. The average molecular weight is 376 g/mol. The molecule has 1 amide bonds. The van der Waals surface area contributed by atoms with Crippen molar-refractivity contribution >= 4 is 56.5 Å². The summed E-state index contributed by atoms with van der Waals surface area (Å²) >= 11 is 15.3. The van der Waals surface area contributed by atoms with E-state index in [1.54, 1.807) is 30.3 Å². The third-order valence-corrected chi connectivity index (χ3v) is 3.43. The molecule has 0 unspecified atom stereocenters. The van der Waals surface area contributed by atoms with E-state index in [0.717, 1.165) is 4.47 Å². The Balaban J connectivity index is 2.28. The molecule has 4 N–H and O–H groups in total. The SMILES string of the molecule is NNc1cccc(C(=O)Nc2c(Cl)cc(Br)cc2Cl)n1. The van der Waals surface area contributed by atoms with Crippen LogP contribution in [-0.2, 0) is 0 Å². The van der Waals surface area contributed by atoms with Crippen LogP contribution in [0.5, 0.6) is 0 Å². The van der Waals surface area contributed by atoms with Gasteiger partial charge >= 0.3 is 0 Å². The molecular weight excluding hydrogens is 367 g/mol. The molecule has 1 heterocycles. The van der Waals surface area contributed by atoms with E-state index in [4.69, 9.17) is 29.0 Å². The zero-order valence-corrected chi connectivity index (χ0v) is 13.1. The molecule has 0 saturated carbocycles. The number of nitrogen functional groups attached to an aromatic ring is 1. The van der Waals surface area contributed by atoms with Crippen LogP contribution in [0.25, 0.3) is 0 Å². The van der Waals surface area contributed by atoms with E-state index >= 15 is 0 Å². The lowest BCUT2D eigenvalue weighted by molar-refractivity contribution is 0.102. The number of nitrogens with two attached hydrogens (primary N) is 1. The number of halogens is 3. The van der Waals surface area contributed by atoms with Crippen molar-refractivity contribution in [2.24, 2.45) is 5.84 Å². The first-order chi connectivity index (χ1) is 9.51. The summed E-state index contributed by atoms with van der Waals surface area (Å²) < 4.78 is 0.720. The molecule has 0 bridgehead atoms. The van der Waals surface area contributed by atoms with Gasteiger partial charge in [0.1, 0.15) is 11.5 Å². The first kappa shape index (κ1) is 15.1. The number of hydrogen-bond donors (Lipinski definition) is 3. The van der Waals surface area contributed by atoms with Gasteiger partial charge in [0.25, 0.3) is 5.91 Å². The van der Waals surface area contributed by atoms with E-state index in [2.05, 4.69) is 31.7 Å². The van der Waals surface area contributed by atoms with Gasteiger partial charge in [0.2, 0.25) is 0 Å². The monoisotopic (exact) mass is 374 g/mol. The smallest absolute Gasteiger partial charge is 0.274 e. The highest BCUT2D eigenvalue weighted by atomic mass is 79.9. The summed E-state index contributed by atoms with van der Waals surface area (Å²) in [5, 5.41) is 3.27. The molecule has 2 rings (SSSR count). The van der Waals surface area contributed by atoms with Gasteiger partial charge in [-0.2, -0.15) is 0 Å². The minimum Gasteiger partial charge on any atom is -0.318 e. The van der Waals surface area contributed by atoms with Crippen molar-refractivity contribution in [2.45, 2.75) is 0 Å². The fraction of sp³-hybridized carbons (Fsp3) is 0. The van der Waals surface area contributed by atoms with E-state index in [9.17, 15) is 4.79 Å². The number of anilines is 2. The van der Waals surface area contributed by atoms with Crippen LogP contribution in [0.15, 0.2) is 34.8 Å². The number of hydrazine groups is 1.